The molecule has 0 aromatic heterocycles. The predicted molar refractivity (Wildman–Crippen MR) is 66.6 cm³/mol. The average Bonchev–Trinajstić information content (AvgIpc) is 2.19. The van der Waals surface area contributed by atoms with Crippen molar-refractivity contribution in [2.45, 2.75) is 19.5 Å². The molecule has 0 amide bonds. The maximum Gasteiger partial charge on any atom is 0.0595 e. The van der Waals surface area contributed by atoms with Crippen molar-refractivity contribution < 1.29 is 0 Å². The molecule has 78 valence electrons. The van der Waals surface area contributed by atoms with E-state index in [2.05, 4.69) is 28.2 Å². The van der Waals surface area contributed by atoms with Crippen LogP contribution in [-0.4, -0.2) is 11.4 Å². The summed E-state index contributed by atoms with van der Waals surface area (Å²) in [7, 11) is 0. The molecule has 0 aliphatic heterocycles. The van der Waals surface area contributed by atoms with Gasteiger partial charge in [-0.2, -0.15) is 0 Å². The van der Waals surface area contributed by atoms with Gasteiger partial charge in [0.1, 0.15) is 0 Å². The molecule has 14 heavy (non-hydrogen) atoms. The number of hydrogen-bond donors (Lipinski definition) is 1. The second-order valence-electron chi connectivity index (χ2n) is 3.18. The van der Waals surface area contributed by atoms with Crippen LogP contribution in [0.25, 0.3) is 0 Å². The average molecular weight is 297 g/mol. The standard InChI is InChI=1S/C10H12BrCl2N/c1-7(5-11)14-6-8-2-3-9(12)10(13)4-8/h2-4,7,14H,5-6H2,1H3. The van der Waals surface area contributed by atoms with Crippen molar-refractivity contribution in [3.63, 3.8) is 0 Å². The van der Waals surface area contributed by atoms with E-state index in [1.54, 1.807) is 0 Å². The molecule has 1 nitrogen and oxygen atoms in total. The highest BCUT2D eigenvalue weighted by Gasteiger charge is 2.01. The molecule has 1 aromatic rings. The predicted octanol–water partition coefficient (Wildman–Crippen LogP) is 3.87. The molecule has 0 spiro atoms. The minimum Gasteiger partial charge on any atom is -0.309 e. The highest BCUT2D eigenvalue weighted by molar-refractivity contribution is 9.09. The lowest BCUT2D eigenvalue weighted by atomic mass is 10.2. The summed E-state index contributed by atoms with van der Waals surface area (Å²) in [6, 6.07) is 6.13. The van der Waals surface area contributed by atoms with E-state index in [-0.39, 0.29) is 0 Å². The topological polar surface area (TPSA) is 12.0 Å². The molecule has 1 atom stereocenters. The molecule has 1 aromatic carbocycles. The van der Waals surface area contributed by atoms with Crippen molar-refractivity contribution in [3.8, 4) is 0 Å². The van der Waals surface area contributed by atoms with Gasteiger partial charge in [0.2, 0.25) is 0 Å². The fraction of sp³-hybridized carbons (Fsp3) is 0.400. The molecule has 0 bridgehead atoms. The Hall–Kier alpha value is 0.240. The van der Waals surface area contributed by atoms with Crippen LogP contribution in [0.4, 0.5) is 0 Å². The first-order chi connectivity index (χ1) is 6.63. The molecule has 0 saturated carbocycles. The highest BCUT2D eigenvalue weighted by Crippen LogP contribution is 2.22. The first-order valence-corrected chi connectivity index (χ1v) is 6.24. The fourth-order valence-corrected chi connectivity index (χ4v) is 1.55. The summed E-state index contributed by atoms with van der Waals surface area (Å²) in [6.45, 7) is 2.93. The molecular weight excluding hydrogens is 285 g/mol. The summed E-state index contributed by atoms with van der Waals surface area (Å²) >= 11 is 15.1. The molecule has 0 aliphatic carbocycles. The summed E-state index contributed by atoms with van der Waals surface area (Å²) in [5.41, 5.74) is 1.15. The summed E-state index contributed by atoms with van der Waals surface area (Å²) in [4.78, 5) is 0. The monoisotopic (exact) mass is 295 g/mol. The van der Waals surface area contributed by atoms with Crippen LogP contribution in [0.15, 0.2) is 18.2 Å². The zero-order valence-electron chi connectivity index (χ0n) is 7.86. The Kier molecular flexibility index (Phi) is 5.24. The van der Waals surface area contributed by atoms with Crippen LogP contribution in [0.2, 0.25) is 10.0 Å². The normalized spacial score (nSPS) is 12.9. The van der Waals surface area contributed by atoms with Crippen molar-refractivity contribution in [1.82, 2.24) is 5.32 Å². The number of nitrogens with one attached hydrogen (secondary N) is 1. The van der Waals surface area contributed by atoms with Crippen LogP contribution in [0.1, 0.15) is 12.5 Å². The van der Waals surface area contributed by atoms with E-state index in [0.717, 1.165) is 17.4 Å². The van der Waals surface area contributed by atoms with E-state index in [1.807, 2.05) is 18.2 Å². The summed E-state index contributed by atoms with van der Waals surface area (Å²) in [5.74, 6) is 0. The van der Waals surface area contributed by atoms with Gasteiger partial charge in [-0.05, 0) is 24.6 Å². The molecule has 0 saturated heterocycles. The number of rotatable bonds is 4. The summed E-state index contributed by atoms with van der Waals surface area (Å²) in [6.07, 6.45) is 0. The van der Waals surface area contributed by atoms with Gasteiger partial charge in [-0.3, -0.25) is 0 Å². The van der Waals surface area contributed by atoms with Crippen molar-refractivity contribution in [1.29, 1.82) is 0 Å². The van der Waals surface area contributed by atoms with Crippen LogP contribution < -0.4 is 5.32 Å². The molecule has 0 fully saturated rings. The van der Waals surface area contributed by atoms with Gasteiger partial charge in [-0.15, -0.1) is 0 Å². The van der Waals surface area contributed by atoms with E-state index >= 15 is 0 Å². The van der Waals surface area contributed by atoms with Gasteiger partial charge in [-0.25, -0.2) is 0 Å². The third-order valence-corrected chi connectivity index (χ3v) is 3.58. The number of halogens is 3. The molecule has 0 heterocycles. The highest BCUT2D eigenvalue weighted by atomic mass is 79.9. The van der Waals surface area contributed by atoms with E-state index in [1.165, 1.54) is 0 Å². The first kappa shape index (κ1) is 12.3. The van der Waals surface area contributed by atoms with Crippen LogP contribution in [0.3, 0.4) is 0 Å². The lowest BCUT2D eigenvalue weighted by Gasteiger charge is -2.10. The van der Waals surface area contributed by atoms with Gasteiger partial charge < -0.3 is 5.32 Å². The van der Waals surface area contributed by atoms with Crippen molar-refractivity contribution >= 4 is 39.1 Å². The summed E-state index contributed by atoms with van der Waals surface area (Å²) in [5, 5.41) is 5.50. The first-order valence-electron chi connectivity index (χ1n) is 4.36. The Balaban J connectivity index is 2.55. The zero-order chi connectivity index (χ0) is 10.6. The molecule has 1 rings (SSSR count). The Morgan fingerprint density at radius 2 is 2.07 bits per heavy atom. The summed E-state index contributed by atoms with van der Waals surface area (Å²) < 4.78 is 0. The third kappa shape index (κ3) is 3.77. The van der Waals surface area contributed by atoms with Crippen LogP contribution >= 0.6 is 39.1 Å². The quantitative estimate of drug-likeness (QED) is 0.832. The van der Waals surface area contributed by atoms with E-state index in [4.69, 9.17) is 23.2 Å². The van der Waals surface area contributed by atoms with E-state index < -0.39 is 0 Å². The van der Waals surface area contributed by atoms with Gasteiger partial charge >= 0.3 is 0 Å². The minimum absolute atomic E-state index is 0.449. The van der Waals surface area contributed by atoms with Crippen molar-refractivity contribution in [3.05, 3.63) is 33.8 Å². The zero-order valence-corrected chi connectivity index (χ0v) is 11.0. The number of hydrogen-bond acceptors (Lipinski definition) is 1. The number of alkyl halides is 1. The Labute approximate surface area is 103 Å². The van der Waals surface area contributed by atoms with Crippen LogP contribution in [0.5, 0.6) is 0 Å². The van der Waals surface area contributed by atoms with Crippen LogP contribution in [0, 0.1) is 0 Å². The maximum atomic E-state index is 5.89. The largest absolute Gasteiger partial charge is 0.309 e. The van der Waals surface area contributed by atoms with Crippen LogP contribution in [-0.2, 0) is 6.54 Å². The fourth-order valence-electron chi connectivity index (χ4n) is 0.996. The Morgan fingerprint density at radius 3 is 2.64 bits per heavy atom. The molecule has 0 radical (unpaired) electrons. The van der Waals surface area contributed by atoms with E-state index in [0.29, 0.717) is 16.1 Å². The second kappa shape index (κ2) is 5.96. The smallest absolute Gasteiger partial charge is 0.0595 e. The van der Waals surface area contributed by atoms with Gasteiger partial charge in [0.05, 0.1) is 10.0 Å². The van der Waals surface area contributed by atoms with Gasteiger partial charge in [0.15, 0.2) is 0 Å². The van der Waals surface area contributed by atoms with Crippen molar-refractivity contribution in [2.75, 3.05) is 5.33 Å². The Morgan fingerprint density at radius 1 is 1.36 bits per heavy atom. The molecule has 1 unspecified atom stereocenters. The van der Waals surface area contributed by atoms with Crippen molar-refractivity contribution in [2.24, 2.45) is 0 Å². The number of benzene rings is 1. The van der Waals surface area contributed by atoms with E-state index in [9.17, 15) is 0 Å². The molecular formula is C10H12BrCl2N. The van der Waals surface area contributed by atoms with Gasteiger partial charge in [0.25, 0.3) is 0 Å². The lowest BCUT2D eigenvalue weighted by Crippen LogP contribution is -2.26. The maximum absolute atomic E-state index is 5.89. The minimum atomic E-state index is 0.449. The molecule has 1 N–H and O–H groups in total. The lowest BCUT2D eigenvalue weighted by molar-refractivity contribution is 0.598. The SMILES string of the molecule is CC(CBr)NCc1ccc(Cl)c(Cl)c1. The third-order valence-electron chi connectivity index (χ3n) is 1.87. The molecule has 0 aliphatic rings. The second-order valence-corrected chi connectivity index (χ2v) is 4.65. The van der Waals surface area contributed by atoms with Gasteiger partial charge in [-0.1, -0.05) is 45.2 Å². The van der Waals surface area contributed by atoms with Gasteiger partial charge in [0, 0.05) is 17.9 Å². The Bertz CT molecular complexity index is 304. The molecule has 4 heteroatoms.